The second-order valence-corrected chi connectivity index (χ2v) is 8.69. The highest BCUT2D eigenvalue weighted by Gasteiger charge is 2.55. The Bertz CT molecular complexity index is 710. The van der Waals surface area contributed by atoms with Crippen molar-refractivity contribution in [2.24, 2.45) is 5.92 Å². The highest BCUT2D eigenvalue weighted by atomic mass is 16.5. The van der Waals surface area contributed by atoms with E-state index in [1.165, 1.54) is 18.1 Å². The molecule has 4 atom stereocenters. The van der Waals surface area contributed by atoms with Gasteiger partial charge >= 0.3 is 5.97 Å². The molecule has 2 aliphatic rings. The van der Waals surface area contributed by atoms with E-state index in [4.69, 9.17) is 9.47 Å². The summed E-state index contributed by atoms with van der Waals surface area (Å²) in [7, 11) is 0. The van der Waals surface area contributed by atoms with Gasteiger partial charge in [-0.2, -0.15) is 0 Å². The number of hydrogen-bond donors (Lipinski definition) is 0. The maximum atomic E-state index is 11.8. The van der Waals surface area contributed by atoms with Crippen LogP contribution in [0, 0.1) is 5.92 Å². The average molecular weight is 358 g/mol. The summed E-state index contributed by atoms with van der Waals surface area (Å²) in [5.41, 5.74) is 3.01. The fraction of sp³-hybridized carbons (Fsp3) is 0.636. The average Bonchev–Trinajstić information content (AvgIpc) is 2.56. The molecule has 0 heterocycles. The van der Waals surface area contributed by atoms with Crippen LogP contribution in [0.15, 0.2) is 18.2 Å². The lowest BCUT2D eigenvalue weighted by atomic mass is 9.53. The largest absolute Gasteiger partial charge is 0.461 e. The molecule has 0 aliphatic heterocycles. The first-order chi connectivity index (χ1) is 12.2. The molecule has 26 heavy (non-hydrogen) atoms. The van der Waals surface area contributed by atoms with Gasteiger partial charge in [0.15, 0.2) is 0 Å². The number of carbonyl (C=O) groups excluding carboxylic acids is 2. The lowest BCUT2D eigenvalue weighted by Gasteiger charge is -2.55. The standard InChI is InChI=1S/C22H30O4/c1-14(2)16-7-8-18-17(11-16)19(26-15(3)24)12-20-21(18,4)9-6-10-22(20,5)25-13-23/h7-8,11,13-14,19-20H,6,9-10,12H2,1-5H3/t19-,20?,21-,22-/m1/s1. The van der Waals surface area contributed by atoms with Crippen LogP contribution in [0.4, 0.5) is 0 Å². The maximum Gasteiger partial charge on any atom is 0.303 e. The third-order valence-corrected chi connectivity index (χ3v) is 6.66. The molecule has 1 saturated carbocycles. The molecule has 0 N–H and O–H groups in total. The topological polar surface area (TPSA) is 52.6 Å². The van der Waals surface area contributed by atoms with Crippen molar-refractivity contribution in [1.82, 2.24) is 0 Å². The number of fused-ring (bicyclic) bond motifs is 3. The second-order valence-electron chi connectivity index (χ2n) is 8.69. The third-order valence-electron chi connectivity index (χ3n) is 6.66. The van der Waals surface area contributed by atoms with Crippen LogP contribution in [0.25, 0.3) is 0 Å². The van der Waals surface area contributed by atoms with E-state index in [-0.39, 0.29) is 23.4 Å². The zero-order valence-corrected chi connectivity index (χ0v) is 16.5. The van der Waals surface area contributed by atoms with Crippen molar-refractivity contribution >= 4 is 12.4 Å². The van der Waals surface area contributed by atoms with Crippen LogP contribution < -0.4 is 0 Å². The van der Waals surface area contributed by atoms with Gasteiger partial charge in [-0.05, 0) is 60.6 Å². The molecule has 1 aromatic carbocycles. The molecule has 4 heteroatoms. The van der Waals surface area contributed by atoms with Gasteiger partial charge in [0.1, 0.15) is 11.7 Å². The molecule has 4 nitrogen and oxygen atoms in total. The molecule has 0 bridgehead atoms. The van der Waals surface area contributed by atoms with Crippen molar-refractivity contribution < 1.29 is 19.1 Å². The van der Waals surface area contributed by atoms with Crippen molar-refractivity contribution in [2.45, 2.75) is 83.3 Å². The van der Waals surface area contributed by atoms with E-state index in [9.17, 15) is 9.59 Å². The Balaban J connectivity index is 2.14. The lowest BCUT2D eigenvalue weighted by Crippen LogP contribution is -2.55. The molecule has 0 amide bonds. The first kappa shape index (κ1) is 18.9. The van der Waals surface area contributed by atoms with Crippen LogP contribution in [0.2, 0.25) is 0 Å². The van der Waals surface area contributed by atoms with E-state index >= 15 is 0 Å². The molecule has 142 valence electrons. The summed E-state index contributed by atoms with van der Waals surface area (Å²) in [6.45, 7) is 10.7. The normalized spacial score (nSPS) is 33.2. The molecule has 0 radical (unpaired) electrons. The first-order valence-corrected chi connectivity index (χ1v) is 9.64. The van der Waals surface area contributed by atoms with Gasteiger partial charge in [0.2, 0.25) is 0 Å². The zero-order chi connectivity index (χ0) is 19.1. The Hall–Kier alpha value is -1.84. The predicted molar refractivity (Wildman–Crippen MR) is 99.9 cm³/mol. The fourth-order valence-corrected chi connectivity index (χ4v) is 5.29. The number of carbonyl (C=O) groups is 2. The summed E-state index contributed by atoms with van der Waals surface area (Å²) in [6.07, 6.45) is 3.32. The summed E-state index contributed by atoms with van der Waals surface area (Å²) >= 11 is 0. The molecular formula is C22H30O4. The van der Waals surface area contributed by atoms with Gasteiger partial charge in [0.05, 0.1) is 0 Å². The number of benzene rings is 1. The van der Waals surface area contributed by atoms with Crippen LogP contribution in [0.5, 0.6) is 0 Å². The van der Waals surface area contributed by atoms with E-state index in [2.05, 4.69) is 39.0 Å². The smallest absolute Gasteiger partial charge is 0.303 e. The molecule has 2 aliphatic carbocycles. The van der Waals surface area contributed by atoms with Gasteiger partial charge in [0.25, 0.3) is 6.47 Å². The quantitative estimate of drug-likeness (QED) is 0.573. The van der Waals surface area contributed by atoms with Crippen molar-refractivity contribution in [3.63, 3.8) is 0 Å². The van der Waals surface area contributed by atoms with E-state index in [0.717, 1.165) is 24.8 Å². The maximum absolute atomic E-state index is 11.8. The highest BCUT2D eigenvalue weighted by Crippen LogP contribution is 2.57. The molecule has 0 saturated heterocycles. The van der Waals surface area contributed by atoms with Gasteiger partial charge in [-0.25, -0.2) is 0 Å². The van der Waals surface area contributed by atoms with E-state index in [1.807, 2.05) is 6.92 Å². The number of hydrogen-bond acceptors (Lipinski definition) is 4. The molecule has 1 fully saturated rings. The van der Waals surface area contributed by atoms with Gasteiger partial charge < -0.3 is 9.47 Å². The first-order valence-electron chi connectivity index (χ1n) is 9.64. The summed E-state index contributed by atoms with van der Waals surface area (Å²) in [6, 6.07) is 6.61. The summed E-state index contributed by atoms with van der Waals surface area (Å²) in [4.78, 5) is 22.9. The van der Waals surface area contributed by atoms with Crippen molar-refractivity contribution in [2.75, 3.05) is 0 Å². The Morgan fingerprint density at radius 2 is 2.00 bits per heavy atom. The monoisotopic (exact) mass is 358 g/mol. The number of ether oxygens (including phenoxy) is 2. The predicted octanol–water partition coefficient (Wildman–Crippen LogP) is 4.81. The van der Waals surface area contributed by atoms with E-state index in [1.54, 1.807) is 0 Å². The van der Waals surface area contributed by atoms with Crippen LogP contribution in [0.1, 0.15) is 89.0 Å². The van der Waals surface area contributed by atoms with Crippen LogP contribution in [-0.4, -0.2) is 18.0 Å². The van der Waals surface area contributed by atoms with Gasteiger partial charge in [0, 0.05) is 12.8 Å². The molecule has 3 rings (SSSR count). The molecule has 0 spiro atoms. The molecule has 1 unspecified atom stereocenters. The number of rotatable bonds is 4. The lowest BCUT2D eigenvalue weighted by molar-refractivity contribution is -0.168. The van der Waals surface area contributed by atoms with Crippen LogP contribution in [-0.2, 0) is 24.5 Å². The molecule has 0 aromatic heterocycles. The fourth-order valence-electron chi connectivity index (χ4n) is 5.29. The highest BCUT2D eigenvalue weighted by molar-refractivity contribution is 5.66. The minimum Gasteiger partial charge on any atom is -0.461 e. The van der Waals surface area contributed by atoms with Crippen LogP contribution >= 0.6 is 0 Å². The Morgan fingerprint density at radius 3 is 2.62 bits per heavy atom. The van der Waals surface area contributed by atoms with Crippen molar-refractivity contribution in [1.29, 1.82) is 0 Å². The van der Waals surface area contributed by atoms with Crippen molar-refractivity contribution in [3.8, 4) is 0 Å². The summed E-state index contributed by atoms with van der Waals surface area (Å²) < 4.78 is 11.3. The Kier molecular flexibility index (Phi) is 4.89. The zero-order valence-electron chi connectivity index (χ0n) is 16.5. The minimum atomic E-state index is -0.526. The van der Waals surface area contributed by atoms with E-state index in [0.29, 0.717) is 18.8 Å². The van der Waals surface area contributed by atoms with Gasteiger partial charge in [-0.3, -0.25) is 9.59 Å². The van der Waals surface area contributed by atoms with Gasteiger partial charge in [-0.15, -0.1) is 0 Å². The van der Waals surface area contributed by atoms with E-state index < -0.39 is 5.60 Å². The van der Waals surface area contributed by atoms with Crippen molar-refractivity contribution in [3.05, 3.63) is 34.9 Å². The molecule has 1 aromatic rings. The minimum absolute atomic E-state index is 0.0858. The SMILES string of the molecule is CC(=O)O[C@@H]1CC2[C@](C)(OC=O)CCC[C@]2(C)c2ccc(C(C)C)cc21. The second kappa shape index (κ2) is 6.71. The molecular weight excluding hydrogens is 328 g/mol. The van der Waals surface area contributed by atoms with Crippen LogP contribution in [0.3, 0.4) is 0 Å². The third kappa shape index (κ3) is 3.04. The summed E-state index contributed by atoms with van der Waals surface area (Å²) in [5, 5.41) is 0. The Morgan fingerprint density at radius 1 is 1.27 bits per heavy atom. The Labute approximate surface area is 156 Å². The summed E-state index contributed by atoms with van der Waals surface area (Å²) in [5.74, 6) is 0.267. The number of esters is 1. The van der Waals surface area contributed by atoms with Gasteiger partial charge in [-0.1, -0.05) is 39.0 Å².